The maximum atomic E-state index is 13.1. The van der Waals surface area contributed by atoms with E-state index in [2.05, 4.69) is 5.32 Å². The highest BCUT2D eigenvalue weighted by molar-refractivity contribution is 6.35. The van der Waals surface area contributed by atoms with Crippen LogP contribution in [0.25, 0.3) is 0 Å². The van der Waals surface area contributed by atoms with Gasteiger partial charge in [0.05, 0.1) is 22.4 Å². The van der Waals surface area contributed by atoms with E-state index in [0.717, 1.165) is 16.0 Å². The Labute approximate surface area is 184 Å². The lowest BCUT2D eigenvalue weighted by Gasteiger charge is -2.17. The quantitative estimate of drug-likeness (QED) is 0.601. The minimum atomic E-state index is -1.09. The lowest BCUT2D eigenvalue weighted by Crippen LogP contribution is -2.30. The van der Waals surface area contributed by atoms with Crippen molar-refractivity contribution in [1.82, 2.24) is 0 Å². The van der Waals surface area contributed by atoms with Crippen molar-refractivity contribution in [3.05, 3.63) is 93.5 Å². The molecule has 1 aliphatic rings. The summed E-state index contributed by atoms with van der Waals surface area (Å²) in [5.74, 6) is -2.52. The number of nitrogens with one attached hydrogen (secondary N) is 1. The number of carboxylic acids is 1. The van der Waals surface area contributed by atoms with E-state index in [0.29, 0.717) is 16.9 Å². The van der Waals surface area contributed by atoms with Gasteiger partial charge >= 0.3 is 5.97 Å². The van der Waals surface area contributed by atoms with E-state index in [-0.39, 0.29) is 22.3 Å². The van der Waals surface area contributed by atoms with E-state index >= 15 is 0 Å². The van der Waals surface area contributed by atoms with Crippen molar-refractivity contribution in [3.8, 4) is 0 Å². The van der Waals surface area contributed by atoms with Crippen molar-refractivity contribution in [3.63, 3.8) is 0 Å². The molecule has 0 fully saturated rings. The number of fused-ring (bicyclic) bond motifs is 1. The number of amides is 3. The van der Waals surface area contributed by atoms with Gasteiger partial charge in [0.1, 0.15) is 0 Å². The van der Waals surface area contributed by atoms with Crippen LogP contribution in [-0.2, 0) is 0 Å². The van der Waals surface area contributed by atoms with E-state index < -0.39 is 23.7 Å². The van der Waals surface area contributed by atoms with Crippen molar-refractivity contribution >= 4 is 35.1 Å². The number of imide groups is 1. The molecule has 160 valence electrons. The van der Waals surface area contributed by atoms with Crippen LogP contribution >= 0.6 is 0 Å². The van der Waals surface area contributed by atoms with Crippen LogP contribution in [0.2, 0.25) is 0 Å². The number of carbonyl (C=O) groups excluding carboxylic acids is 3. The Bertz CT molecular complexity index is 1330. The van der Waals surface area contributed by atoms with E-state index in [1.165, 1.54) is 24.3 Å². The number of benzene rings is 3. The largest absolute Gasteiger partial charge is 0.478 e. The van der Waals surface area contributed by atoms with Gasteiger partial charge in [0.2, 0.25) is 0 Å². The fourth-order valence-electron chi connectivity index (χ4n) is 3.78. The monoisotopic (exact) mass is 428 g/mol. The summed E-state index contributed by atoms with van der Waals surface area (Å²) in [4.78, 5) is 51.3. The van der Waals surface area contributed by atoms with Crippen molar-refractivity contribution in [2.24, 2.45) is 0 Å². The van der Waals surface area contributed by atoms with Gasteiger partial charge in [-0.1, -0.05) is 18.2 Å². The Morgan fingerprint density at radius 1 is 0.844 bits per heavy atom. The molecule has 2 N–H and O–H groups in total. The van der Waals surface area contributed by atoms with Crippen molar-refractivity contribution in [2.45, 2.75) is 20.8 Å². The van der Waals surface area contributed by atoms with Crippen molar-refractivity contribution in [1.29, 1.82) is 0 Å². The van der Waals surface area contributed by atoms with Gasteiger partial charge in [0.15, 0.2) is 0 Å². The van der Waals surface area contributed by atoms with Crippen LogP contribution in [0.1, 0.15) is 58.1 Å². The first-order valence-electron chi connectivity index (χ1n) is 9.94. The zero-order valence-electron chi connectivity index (χ0n) is 17.7. The Balaban J connectivity index is 1.66. The molecule has 0 spiro atoms. The highest BCUT2D eigenvalue weighted by Crippen LogP contribution is 2.32. The summed E-state index contributed by atoms with van der Waals surface area (Å²) in [6.07, 6.45) is 0. The van der Waals surface area contributed by atoms with Crippen LogP contribution in [-0.4, -0.2) is 28.8 Å². The van der Waals surface area contributed by atoms with Crippen LogP contribution < -0.4 is 10.2 Å². The highest BCUT2D eigenvalue weighted by atomic mass is 16.4. The molecule has 3 aromatic carbocycles. The molecule has 32 heavy (non-hydrogen) atoms. The standard InChI is InChI=1S/C25H20N2O5/c1-13-6-4-9-21(14(13)2)27-23(29)18-11-10-16(12-19(18)24(27)30)22(28)26-20-8-5-7-17(15(20)3)25(31)32/h4-12H,1-3H3,(H,26,28)(H,31,32). The highest BCUT2D eigenvalue weighted by Gasteiger charge is 2.38. The number of hydrogen-bond donors (Lipinski definition) is 2. The molecule has 0 saturated heterocycles. The topological polar surface area (TPSA) is 104 Å². The second-order valence-electron chi connectivity index (χ2n) is 7.66. The third-order valence-corrected chi connectivity index (χ3v) is 5.78. The minimum absolute atomic E-state index is 0.0849. The zero-order chi connectivity index (χ0) is 23.2. The average molecular weight is 428 g/mol. The number of aromatic carboxylic acids is 1. The minimum Gasteiger partial charge on any atom is -0.478 e. The summed E-state index contributed by atoms with van der Waals surface area (Å²) < 4.78 is 0. The predicted molar refractivity (Wildman–Crippen MR) is 120 cm³/mol. The molecular formula is C25H20N2O5. The SMILES string of the molecule is Cc1cccc(N2C(=O)c3ccc(C(=O)Nc4cccc(C(=O)O)c4C)cc3C2=O)c1C. The summed E-state index contributed by atoms with van der Waals surface area (Å²) in [7, 11) is 0. The summed E-state index contributed by atoms with van der Waals surface area (Å²) in [5, 5.41) is 12.0. The summed E-state index contributed by atoms with van der Waals surface area (Å²) in [5.41, 5.74) is 3.73. The maximum absolute atomic E-state index is 13.1. The summed E-state index contributed by atoms with van der Waals surface area (Å²) in [6, 6.07) is 14.3. The molecular weight excluding hydrogens is 408 g/mol. The van der Waals surface area contributed by atoms with Crippen LogP contribution in [0.4, 0.5) is 11.4 Å². The molecule has 0 unspecified atom stereocenters. The smallest absolute Gasteiger partial charge is 0.336 e. The Kier molecular flexibility index (Phi) is 5.10. The van der Waals surface area contributed by atoms with Gasteiger partial charge in [-0.25, -0.2) is 9.69 Å². The normalized spacial score (nSPS) is 12.7. The van der Waals surface area contributed by atoms with Gasteiger partial charge in [0.25, 0.3) is 17.7 Å². The number of anilines is 2. The Morgan fingerprint density at radius 3 is 2.25 bits per heavy atom. The molecule has 1 aliphatic heterocycles. The number of carboxylic acid groups (broad SMARTS) is 1. The molecule has 7 heteroatoms. The fraction of sp³-hybridized carbons (Fsp3) is 0.120. The summed E-state index contributed by atoms with van der Waals surface area (Å²) >= 11 is 0. The molecule has 0 radical (unpaired) electrons. The van der Waals surface area contributed by atoms with Crippen LogP contribution in [0.3, 0.4) is 0 Å². The Morgan fingerprint density at radius 2 is 1.53 bits per heavy atom. The second-order valence-corrected chi connectivity index (χ2v) is 7.66. The van der Waals surface area contributed by atoms with Gasteiger partial charge in [-0.15, -0.1) is 0 Å². The number of nitrogens with zero attached hydrogens (tertiary/aromatic N) is 1. The third kappa shape index (κ3) is 3.33. The molecule has 0 atom stereocenters. The number of rotatable bonds is 4. The molecule has 1 heterocycles. The molecule has 4 rings (SSSR count). The molecule has 3 amide bonds. The van der Waals surface area contributed by atoms with Gasteiger partial charge in [-0.3, -0.25) is 14.4 Å². The van der Waals surface area contributed by atoms with Gasteiger partial charge in [0, 0.05) is 11.3 Å². The summed E-state index contributed by atoms with van der Waals surface area (Å²) in [6.45, 7) is 5.35. The Hall–Kier alpha value is -4.26. The van der Waals surface area contributed by atoms with Crippen LogP contribution in [0, 0.1) is 20.8 Å². The molecule has 0 bridgehead atoms. The third-order valence-electron chi connectivity index (χ3n) is 5.78. The van der Waals surface area contributed by atoms with E-state index in [1.807, 2.05) is 19.9 Å². The first-order chi connectivity index (χ1) is 15.2. The molecule has 7 nitrogen and oxygen atoms in total. The second kappa shape index (κ2) is 7.77. The first kappa shape index (κ1) is 21.0. The zero-order valence-corrected chi connectivity index (χ0v) is 17.7. The van der Waals surface area contributed by atoms with Gasteiger partial charge in [-0.2, -0.15) is 0 Å². The van der Waals surface area contributed by atoms with E-state index in [4.69, 9.17) is 0 Å². The molecule has 0 aliphatic carbocycles. The number of carbonyl (C=O) groups is 4. The molecule has 0 saturated carbocycles. The number of hydrogen-bond acceptors (Lipinski definition) is 4. The maximum Gasteiger partial charge on any atom is 0.336 e. The van der Waals surface area contributed by atoms with Crippen molar-refractivity contribution < 1.29 is 24.3 Å². The van der Waals surface area contributed by atoms with Gasteiger partial charge < -0.3 is 10.4 Å². The fourth-order valence-corrected chi connectivity index (χ4v) is 3.78. The van der Waals surface area contributed by atoms with Crippen molar-refractivity contribution in [2.75, 3.05) is 10.2 Å². The molecule has 0 aromatic heterocycles. The first-order valence-corrected chi connectivity index (χ1v) is 9.94. The lowest BCUT2D eigenvalue weighted by molar-refractivity contribution is 0.0695. The van der Waals surface area contributed by atoms with Gasteiger partial charge in [-0.05, 0) is 73.9 Å². The lowest BCUT2D eigenvalue weighted by atomic mass is 10.0. The molecule has 3 aromatic rings. The average Bonchev–Trinajstić information content (AvgIpc) is 3.01. The van der Waals surface area contributed by atoms with Crippen LogP contribution in [0.5, 0.6) is 0 Å². The van der Waals surface area contributed by atoms with E-state index in [9.17, 15) is 24.3 Å². The number of aryl methyl sites for hydroxylation is 1. The van der Waals surface area contributed by atoms with E-state index in [1.54, 1.807) is 31.2 Å². The predicted octanol–water partition coefficient (Wildman–Crippen LogP) is 4.36. The van der Waals surface area contributed by atoms with Crippen LogP contribution in [0.15, 0.2) is 54.6 Å².